The van der Waals surface area contributed by atoms with Crippen molar-refractivity contribution in [1.29, 1.82) is 0 Å². The largest absolute Gasteiger partial charge is 0.489 e. The number of aliphatic hydroxyl groups excluding tert-OH is 1. The van der Waals surface area contributed by atoms with Crippen LogP contribution in [0.4, 0.5) is 0 Å². The van der Waals surface area contributed by atoms with E-state index in [1.165, 1.54) is 22.9 Å². The van der Waals surface area contributed by atoms with Crippen molar-refractivity contribution in [1.82, 2.24) is 9.88 Å². The number of pyridine rings is 1. The molecule has 24 heavy (non-hydrogen) atoms. The third-order valence-corrected chi connectivity index (χ3v) is 4.01. The molecule has 2 aromatic rings. The van der Waals surface area contributed by atoms with E-state index in [9.17, 15) is 14.7 Å². The van der Waals surface area contributed by atoms with Gasteiger partial charge in [-0.15, -0.1) is 0 Å². The summed E-state index contributed by atoms with van der Waals surface area (Å²) < 4.78 is 6.74. The number of ether oxygens (including phenoxy) is 1. The van der Waals surface area contributed by atoms with Crippen LogP contribution in [0.15, 0.2) is 41.3 Å². The Kier molecular flexibility index (Phi) is 6.25. The average Bonchev–Trinajstić information content (AvgIpc) is 2.56. The fraction of sp³-hybridized carbons (Fsp3) is 0.250. The normalized spacial score (nSPS) is 11.8. The average molecular weight is 371 g/mol. The molecule has 6 nitrogen and oxygen atoms in total. The number of rotatable bonds is 6. The highest BCUT2D eigenvalue weighted by molar-refractivity contribution is 6.42. The van der Waals surface area contributed by atoms with Gasteiger partial charge in [0.2, 0.25) is 0 Å². The van der Waals surface area contributed by atoms with Gasteiger partial charge < -0.3 is 19.7 Å². The van der Waals surface area contributed by atoms with Gasteiger partial charge in [-0.05, 0) is 18.2 Å². The van der Waals surface area contributed by atoms with Gasteiger partial charge in [0, 0.05) is 31.4 Å². The van der Waals surface area contributed by atoms with Crippen LogP contribution in [0.2, 0.25) is 10.0 Å². The van der Waals surface area contributed by atoms with Gasteiger partial charge in [-0.1, -0.05) is 29.3 Å². The van der Waals surface area contributed by atoms with E-state index in [-0.39, 0.29) is 29.3 Å². The number of halogens is 2. The number of carbonyl (C=O) groups excluding carboxylic acids is 1. The topological polar surface area (TPSA) is 80.6 Å². The predicted octanol–water partition coefficient (Wildman–Crippen LogP) is 1.86. The molecule has 0 unspecified atom stereocenters. The van der Waals surface area contributed by atoms with Gasteiger partial charge in [-0.25, -0.2) is 0 Å². The van der Waals surface area contributed by atoms with Crippen LogP contribution in [-0.2, 0) is 7.05 Å². The molecule has 8 heteroatoms. The van der Waals surface area contributed by atoms with Crippen LogP contribution < -0.4 is 15.6 Å². The zero-order chi connectivity index (χ0) is 17.7. The minimum Gasteiger partial charge on any atom is -0.489 e. The SMILES string of the molecule is Cn1ccc(C(=O)NC[C@H](O)COc2cccc(Cl)c2Cl)cc1=O. The zero-order valence-electron chi connectivity index (χ0n) is 12.8. The van der Waals surface area contributed by atoms with Crippen LogP contribution in [0, 0.1) is 0 Å². The number of nitrogens with one attached hydrogen (secondary N) is 1. The Balaban J connectivity index is 1.85. The van der Waals surface area contributed by atoms with Gasteiger partial charge in [-0.3, -0.25) is 9.59 Å². The summed E-state index contributed by atoms with van der Waals surface area (Å²) in [5, 5.41) is 13.0. The van der Waals surface area contributed by atoms with Crippen molar-refractivity contribution in [3.63, 3.8) is 0 Å². The van der Waals surface area contributed by atoms with Crippen molar-refractivity contribution in [3.05, 3.63) is 62.5 Å². The highest BCUT2D eigenvalue weighted by Gasteiger charge is 2.12. The summed E-state index contributed by atoms with van der Waals surface area (Å²) in [6, 6.07) is 7.67. The summed E-state index contributed by atoms with van der Waals surface area (Å²) in [5.41, 5.74) is -0.0637. The molecular weight excluding hydrogens is 355 g/mol. The maximum atomic E-state index is 11.9. The molecular formula is C16H16Cl2N2O4. The Morgan fingerprint density at radius 2 is 2.12 bits per heavy atom. The maximum absolute atomic E-state index is 11.9. The van der Waals surface area contributed by atoms with Crippen molar-refractivity contribution in [3.8, 4) is 5.75 Å². The highest BCUT2D eigenvalue weighted by atomic mass is 35.5. The summed E-state index contributed by atoms with van der Waals surface area (Å²) in [5.74, 6) is -0.103. The Labute approximate surface area is 148 Å². The molecule has 2 N–H and O–H groups in total. The van der Waals surface area contributed by atoms with Crippen molar-refractivity contribution in [2.24, 2.45) is 7.05 Å². The molecule has 1 aromatic heterocycles. The van der Waals surface area contributed by atoms with Crippen molar-refractivity contribution in [2.75, 3.05) is 13.2 Å². The highest BCUT2D eigenvalue weighted by Crippen LogP contribution is 2.31. The van der Waals surface area contributed by atoms with Gasteiger partial charge in [0.1, 0.15) is 23.5 Å². The van der Waals surface area contributed by atoms with Crippen molar-refractivity contribution >= 4 is 29.1 Å². The van der Waals surface area contributed by atoms with E-state index in [4.69, 9.17) is 27.9 Å². The number of hydrogen-bond acceptors (Lipinski definition) is 4. The third-order valence-electron chi connectivity index (χ3n) is 3.21. The first-order chi connectivity index (χ1) is 11.4. The molecule has 0 bridgehead atoms. The van der Waals surface area contributed by atoms with Crippen LogP contribution in [-0.4, -0.2) is 34.8 Å². The summed E-state index contributed by atoms with van der Waals surface area (Å²) in [6.07, 6.45) is 0.549. The number of aryl methyl sites for hydroxylation is 1. The second kappa shape index (κ2) is 8.19. The first kappa shape index (κ1) is 18.3. The maximum Gasteiger partial charge on any atom is 0.251 e. The Morgan fingerprint density at radius 3 is 2.83 bits per heavy atom. The first-order valence-electron chi connectivity index (χ1n) is 7.08. The predicted molar refractivity (Wildman–Crippen MR) is 92.0 cm³/mol. The number of benzene rings is 1. The number of aromatic nitrogens is 1. The Morgan fingerprint density at radius 1 is 1.38 bits per heavy atom. The van der Waals surface area contributed by atoms with E-state index in [1.807, 2.05) is 0 Å². The number of hydrogen-bond donors (Lipinski definition) is 2. The third kappa shape index (κ3) is 4.74. The standard InChI is InChI=1S/C16H16Cl2N2O4/c1-20-6-5-10(7-14(20)22)16(23)19-8-11(21)9-24-13-4-2-3-12(17)15(13)18/h2-7,11,21H,8-9H2,1H3,(H,19,23)/t11-/m0/s1. The van der Waals surface area contributed by atoms with Crippen LogP contribution >= 0.6 is 23.2 Å². The van der Waals surface area contributed by atoms with E-state index in [0.717, 1.165) is 0 Å². The number of aliphatic hydroxyl groups is 1. The van der Waals surface area contributed by atoms with E-state index >= 15 is 0 Å². The summed E-state index contributed by atoms with van der Waals surface area (Å²) in [4.78, 5) is 23.4. The second-order valence-electron chi connectivity index (χ2n) is 5.09. The fourth-order valence-electron chi connectivity index (χ4n) is 1.84. The van der Waals surface area contributed by atoms with E-state index in [1.54, 1.807) is 25.2 Å². The molecule has 0 fully saturated rings. The minimum absolute atomic E-state index is 0.0355. The van der Waals surface area contributed by atoms with Crippen LogP contribution in [0.5, 0.6) is 5.75 Å². The van der Waals surface area contributed by atoms with Crippen LogP contribution in [0.25, 0.3) is 0 Å². The first-order valence-corrected chi connectivity index (χ1v) is 7.84. The quantitative estimate of drug-likeness (QED) is 0.813. The lowest BCUT2D eigenvalue weighted by atomic mass is 10.2. The lowest BCUT2D eigenvalue weighted by Crippen LogP contribution is -2.35. The molecule has 1 amide bonds. The molecule has 0 saturated carbocycles. The van der Waals surface area contributed by atoms with Crippen molar-refractivity contribution < 1.29 is 14.6 Å². The molecule has 1 heterocycles. The van der Waals surface area contributed by atoms with Gasteiger partial charge in [0.25, 0.3) is 11.5 Å². The smallest absolute Gasteiger partial charge is 0.251 e. The van der Waals surface area contributed by atoms with Gasteiger partial charge in [-0.2, -0.15) is 0 Å². The Hall–Kier alpha value is -2.02. The van der Waals surface area contributed by atoms with E-state index in [0.29, 0.717) is 10.8 Å². The molecule has 1 aromatic carbocycles. The molecule has 0 aliphatic heterocycles. The molecule has 0 aliphatic carbocycles. The molecule has 0 radical (unpaired) electrons. The van der Waals surface area contributed by atoms with Crippen LogP contribution in [0.3, 0.4) is 0 Å². The van der Waals surface area contributed by atoms with Crippen molar-refractivity contribution in [2.45, 2.75) is 6.10 Å². The van der Waals surface area contributed by atoms with E-state index < -0.39 is 12.0 Å². The lowest BCUT2D eigenvalue weighted by Gasteiger charge is -2.14. The molecule has 0 saturated heterocycles. The number of amides is 1. The molecule has 128 valence electrons. The number of carbonyl (C=O) groups is 1. The number of nitrogens with zero attached hydrogens (tertiary/aromatic N) is 1. The summed E-state index contributed by atoms with van der Waals surface area (Å²) >= 11 is 11.8. The second-order valence-corrected chi connectivity index (χ2v) is 5.88. The van der Waals surface area contributed by atoms with Crippen LogP contribution in [0.1, 0.15) is 10.4 Å². The molecule has 0 aliphatic rings. The van der Waals surface area contributed by atoms with Gasteiger partial charge in [0.05, 0.1) is 5.02 Å². The fourth-order valence-corrected chi connectivity index (χ4v) is 2.19. The Bertz CT molecular complexity index is 792. The van der Waals surface area contributed by atoms with E-state index in [2.05, 4.69) is 5.32 Å². The lowest BCUT2D eigenvalue weighted by molar-refractivity contribution is 0.0843. The summed E-state index contributed by atoms with van der Waals surface area (Å²) in [6.45, 7) is -0.108. The monoisotopic (exact) mass is 370 g/mol. The summed E-state index contributed by atoms with van der Waals surface area (Å²) in [7, 11) is 1.59. The molecule has 2 rings (SSSR count). The zero-order valence-corrected chi connectivity index (χ0v) is 14.3. The minimum atomic E-state index is -0.949. The molecule has 1 atom stereocenters. The van der Waals surface area contributed by atoms with Gasteiger partial charge >= 0.3 is 0 Å². The van der Waals surface area contributed by atoms with Gasteiger partial charge in [0.15, 0.2) is 0 Å². The molecule has 0 spiro atoms.